The molecule has 0 aliphatic heterocycles. The third kappa shape index (κ3) is 1.66. The molecule has 1 aliphatic carbocycles. The minimum atomic E-state index is -0.0916. The highest BCUT2D eigenvalue weighted by Gasteiger charge is 2.32. The molecule has 1 heteroatoms. The third-order valence-electron chi connectivity index (χ3n) is 4.15. The minimum Gasteiger partial charge on any atom is -0.321 e. The van der Waals surface area contributed by atoms with Crippen molar-refractivity contribution in [1.29, 1.82) is 0 Å². The van der Waals surface area contributed by atoms with Crippen LogP contribution >= 0.6 is 0 Å². The molecular weight excluding hydrogens is 206 g/mol. The fourth-order valence-corrected chi connectivity index (χ4v) is 3.22. The molecule has 17 heavy (non-hydrogen) atoms. The highest BCUT2D eigenvalue weighted by atomic mass is 14.8. The van der Waals surface area contributed by atoms with Crippen molar-refractivity contribution in [1.82, 2.24) is 0 Å². The first kappa shape index (κ1) is 10.8. The summed E-state index contributed by atoms with van der Waals surface area (Å²) in [6.45, 7) is 2.18. The first-order valence-electron chi connectivity index (χ1n) is 6.48. The van der Waals surface area contributed by atoms with Crippen LogP contribution in [0, 0.1) is 6.92 Å². The van der Waals surface area contributed by atoms with E-state index in [4.69, 9.17) is 5.73 Å². The molecule has 0 unspecified atom stereocenters. The van der Waals surface area contributed by atoms with Crippen molar-refractivity contribution in [3.05, 3.63) is 47.5 Å². The van der Waals surface area contributed by atoms with E-state index in [1.54, 1.807) is 0 Å². The number of aryl methyl sites for hydroxylation is 1. The molecule has 0 amide bonds. The van der Waals surface area contributed by atoms with Crippen molar-refractivity contribution in [2.45, 2.75) is 38.1 Å². The van der Waals surface area contributed by atoms with Crippen LogP contribution in [0.2, 0.25) is 0 Å². The standard InChI is InChI=1S/C16H19N/c1-12-6-4-7-13-8-5-9-14(15(12)13)16(17)10-2-3-11-16/h4-9H,2-3,10-11,17H2,1H3. The normalized spacial score (nSPS) is 18.7. The predicted octanol–water partition coefficient (Wildman–Crippen LogP) is 3.88. The van der Waals surface area contributed by atoms with Crippen molar-refractivity contribution in [3.63, 3.8) is 0 Å². The predicted molar refractivity (Wildman–Crippen MR) is 73.0 cm³/mol. The number of fused-ring (bicyclic) bond motifs is 1. The zero-order valence-electron chi connectivity index (χ0n) is 10.4. The van der Waals surface area contributed by atoms with Gasteiger partial charge in [-0.25, -0.2) is 0 Å². The van der Waals surface area contributed by atoms with Crippen LogP contribution in [0.5, 0.6) is 0 Å². The van der Waals surface area contributed by atoms with E-state index in [2.05, 4.69) is 43.3 Å². The highest BCUT2D eigenvalue weighted by Crippen LogP contribution is 2.40. The van der Waals surface area contributed by atoms with Crippen molar-refractivity contribution in [2.24, 2.45) is 5.73 Å². The van der Waals surface area contributed by atoms with Gasteiger partial charge in [0.25, 0.3) is 0 Å². The maximum absolute atomic E-state index is 6.62. The van der Waals surface area contributed by atoms with E-state index in [1.165, 1.54) is 34.7 Å². The van der Waals surface area contributed by atoms with Gasteiger partial charge in [0.2, 0.25) is 0 Å². The smallest absolute Gasteiger partial charge is 0.0415 e. The first-order chi connectivity index (χ1) is 8.21. The van der Waals surface area contributed by atoms with Gasteiger partial charge in [-0.1, -0.05) is 49.2 Å². The number of hydrogen-bond donors (Lipinski definition) is 1. The molecule has 2 aromatic carbocycles. The van der Waals surface area contributed by atoms with Crippen LogP contribution in [0.3, 0.4) is 0 Å². The van der Waals surface area contributed by atoms with Gasteiger partial charge in [0.15, 0.2) is 0 Å². The van der Waals surface area contributed by atoms with E-state index in [0.717, 1.165) is 12.8 Å². The molecule has 0 aromatic heterocycles. The maximum atomic E-state index is 6.62. The van der Waals surface area contributed by atoms with E-state index in [-0.39, 0.29) is 5.54 Å². The second-order valence-electron chi connectivity index (χ2n) is 5.34. The Kier molecular flexibility index (Phi) is 2.44. The summed E-state index contributed by atoms with van der Waals surface area (Å²) in [5.74, 6) is 0. The van der Waals surface area contributed by atoms with Crippen molar-refractivity contribution >= 4 is 10.8 Å². The van der Waals surface area contributed by atoms with Gasteiger partial charge in [-0.15, -0.1) is 0 Å². The van der Waals surface area contributed by atoms with Gasteiger partial charge in [-0.3, -0.25) is 0 Å². The van der Waals surface area contributed by atoms with Crippen LogP contribution in [-0.2, 0) is 5.54 Å². The quantitative estimate of drug-likeness (QED) is 0.783. The third-order valence-corrected chi connectivity index (χ3v) is 4.15. The Morgan fingerprint density at radius 1 is 1.00 bits per heavy atom. The SMILES string of the molecule is Cc1cccc2cccc(C3(N)CCCC3)c12. The lowest BCUT2D eigenvalue weighted by molar-refractivity contribution is 0.465. The topological polar surface area (TPSA) is 26.0 Å². The Balaban J connectivity index is 2.29. The first-order valence-corrected chi connectivity index (χ1v) is 6.48. The Hall–Kier alpha value is -1.34. The molecule has 1 fully saturated rings. The summed E-state index contributed by atoms with van der Waals surface area (Å²) in [6.07, 6.45) is 4.78. The van der Waals surface area contributed by atoms with E-state index < -0.39 is 0 Å². The van der Waals surface area contributed by atoms with Crippen molar-refractivity contribution in [3.8, 4) is 0 Å². The second-order valence-corrected chi connectivity index (χ2v) is 5.34. The second kappa shape index (κ2) is 3.85. The fraction of sp³-hybridized carbons (Fsp3) is 0.375. The zero-order valence-corrected chi connectivity index (χ0v) is 10.4. The molecule has 2 N–H and O–H groups in total. The average molecular weight is 225 g/mol. The Labute approximate surface area is 103 Å². The molecule has 1 aliphatic rings. The van der Waals surface area contributed by atoms with Crippen molar-refractivity contribution < 1.29 is 0 Å². The van der Waals surface area contributed by atoms with Crippen molar-refractivity contribution in [2.75, 3.05) is 0 Å². The zero-order chi connectivity index (χ0) is 11.9. The molecule has 0 spiro atoms. The number of rotatable bonds is 1. The number of hydrogen-bond acceptors (Lipinski definition) is 1. The number of benzene rings is 2. The molecular formula is C16H19N. The molecule has 0 heterocycles. The Morgan fingerprint density at radius 3 is 2.35 bits per heavy atom. The van der Waals surface area contributed by atoms with Gasteiger partial charge < -0.3 is 5.73 Å². The average Bonchev–Trinajstić information content (AvgIpc) is 2.77. The van der Waals surface area contributed by atoms with Crippen LogP contribution in [0.15, 0.2) is 36.4 Å². The lowest BCUT2D eigenvalue weighted by Crippen LogP contribution is -2.33. The summed E-state index contributed by atoms with van der Waals surface area (Å²) in [5.41, 5.74) is 9.22. The van der Waals surface area contributed by atoms with E-state index in [0.29, 0.717) is 0 Å². The van der Waals surface area contributed by atoms with E-state index >= 15 is 0 Å². The van der Waals surface area contributed by atoms with Crippen LogP contribution in [0.25, 0.3) is 10.8 Å². The summed E-state index contributed by atoms with van der Waals surface area (Å²) in [7, 11) is 0. The lowest BCUT2D eigenvalue weighted by Gasteiger charge is -2.26. The molecule has 0 radical (unpaired) electrons. The van der Waals surface area contributed by atoms with Gasteiger partial charge in [0, 0.05) is 5.54 Å². The van der Waals surface area contributed by atoms with Gasteiger partial charge in [-0.05, 0) is 41.7 Å². The van der Waals surface area contributed by atoms with Gasteiger partial charge in [0.1, 0.15) is 0 Å². The Bertz CT molecular complexity index is 545. The van der Waals surface area contributed by atoms with Crippen LogP contribution in [0.4, 0.5) is 0 Å². The minimum absolute atomic E-state index is 0.0916. The monoisotopic (exact) mass is 225 g/mol. The van der Waals surface area contributed by atoms with E-state index in [1.807, 2.05) is 0 Å². The highest BCUT2D eigenvalue weighted by molar-refractivity contribution is 5.89. The molecule has 88 valence electrons. The summed E-state index contributed by atoms with van der Waals surface area (Å²) in [5, 5.41) is 2.69. The molecule has 0 bridgehead atoms. The van der Waals surface area contributed by atoms with Crippen LogP contribution < -0.4 is 5.73 Å². The Morgan fingerprint density at radius 2 is 1.65 bits per heavy atom. The summed E-state index contributed by atoms with van der Waals surface area (Å²) in [6, 6.07) is 13.0. The fourth-order valence-electron chi connectivity index (χ4n) is 3.22. The van der Waals surface area contributed by atoms with Gasteiger partial charge in [-0.2, -0.15) is 0 Å². The van der Waals surface area contributed by atoms with Gasteiger partial charge in [0.05, 0.1) is 0 Å². The largest absolute Gasteiger partial charge is 0.321 e. The van der Waals surface area contributed by atoms with Crippen LogP contribution in [-0.4, -0.2) is 0 Å². The molecule has 2 aromatic rings. The molecule has 3 rings (SSSR count). The van der Waals surface area contributed by atoms with E-state index in [9.17, 15) is 0 Å². The molecule has 0 saturated heterocycles. The molecule has 0 atom stereocenters. The summed E-state index contributed by atoms with van der Waals surface area (Å²) >= 11 is 0. The van der Waals surface area contributed by atoms with Gasteiger partial charge >= 0.3 is 0 Å². The molecule has 1 nitrogen and oxygen atoms in total. The lowest BCUT2D eigenvalue weighted by atomic mass is 9.84. The molecule has 1 saturated carbocycles. The number of nitrogens with two attached hydrogens (primary N) is 1. The van der Waals surface area contributed by atoms with Crippen LogP contribution in [0.1, 0.15) is 36.8 Å². The maximum Gasteiger partial charge on any atom is 0.0415 e. The summed E-state index contributed by atoms with van der Waals surface area (Å²) in [4.78, 5) is 0. The summed E-state index contributed by atoms with van der Waals surface area (Å²) < 4.78 is 0.